The quantitative estimate of drug-likeness (QED) is 0.701. The highest BCUT2D eigenvalue weighted by Gasteiger charge is 2.26. The highest BCUT2D eigenvalue weighted by molar-refractivity contribution is 5.77. The number of amides is 1. The van der Waals surface area contributed by atoms with Crippen LogP contribution in [0.2, 0.25) is 0 Å². The van der Waals surface area contributed by atoms with Crippen LogP contribution in [0.25, 0.3) is 0 Å². The van der Waals surface area contributed by atoms with Gasteiger partial charge in [0.25, 0.3) is 0 Å². The molecule has 0 bridgehead atoms. The zero-order chi connectivity index (χ0) is 14.6. The van der Waals surface area contributed by atoms with Gasteiger partial charge in [0, 0.05) is 14.1 Å². The molecule has 1 aliphatic rings. The Bertz CT molecular complexity index is 446. The predicted molar refractivity (Wildman–Crippen MR) is 80.9 cm³/mol. The second kappa shape index (κ2) is 6.25. The number of carbonyl (C=O) groups is 1. The van der Waals surface area contributed by atoms with Gasteiger partial charge in [0.1, 0.15) is 0 Å². The number of nitrogens with zero attached hydrogens (tertiary/aromatic N) is 1. The summed E-state index contributed by atoms with van der Waals surface area (Å²) in [6.45, 7) is 8.78. The lowest BCUT2D eigenvalue weighted by Crippen LogP contribution is -2.21. The van der Waals surface area contributed by atoms with E-state index in [1.807, 2.05) is 6.92 Å². The minimum Gasteiger partial charge on any atom is -0.349 e. The highest BCUT2D eigenvalue weighted by Crippen LogP contribution is 2.40. The summed E-state index contributed by atoms with van der Waals surface area (Å²) in [6.07, 6.45) is 6.25. The maximum absolute atomic E-state index is 11.6. The van der Waals surface area contributed by atoms with Crippen molar-refractivity contribution in [1.82, 2.24) is 4.90 Å². The van der Waals surface area contributed by atoms with Crippen LogP contribution in [0.5, 0.6) is 0 Å². The summed E-state index contributed by atoms with van der Waals surface area (Å²) in [5.41, 5.74) is 7.41. The Balaban J connectivity index is 2.93. The highest BCUT2D eigenvalue weighted by atomic mass is 16.2. The third-order valence-electron chi connectivity index (χ3n) is 3.92. The van der Waals surface area contributed by atoms with Gasteiger partial charge in [0.2, 0.25) is 5.91 Å². The van der Waals surface area contributed by atoms with E-state index in [-0.39, 0.29) is 11.3 Å². The molecule has 0 aromatic carbocycles. The Kier molecular flexibility index (Phi) is 5.20. The Hall–Kier alpha value is -1.27. The molecule has 0 aliphatic heterocycles. The molecule has 2 nitrogen and oxygen atoms in total. The smallest absolute Gasteiger partial charge is 0.226 e. The van der Waals surface area contributed by atoms with Crippen LogP contribution in [-0.2, 0) is 4.79 Å². The van der Waals surface area contributed by atoms with E-state index in [2.05, 4.69) is 32.6 Å². The number of hydrogen-bond acceptors (Lipinski definition) is 1. The van der Waals surface area contributed by atoms with Crippen LogP contribution in [0.3, 0.4) is 0 Å². The summed E-state index contributed by atoms with van der Waals surface area (Å²) < 4.78 is 0. The van der Waals surface area contributed by atoms with Gasteiger partial charge < -0.3 is 4.90 Å². The first-order valence-corrected chi connectivity index (χ1v) is 7.06. The molecule has 0 aromatic heterocycles. The average molecular weight is 261 g/mol. The van der Waals surface area contributed by atoms with Gasteiger partial charge in [-0.25, -0.2) is 0 Å². The lowest BCUT2D eigenvalue weighted by atomic mass is 9.73. The number of allylic oxidation sites excluding steroid dienone is 2. The maximum Gasteiger partial charge on any atom is 0.226 e. The molecule has 1 aliphatic carbocycles. The van der Waals surface area contributed by atoms with Crippen LogP contribution in [0.15, 0.2) is 28.5 Å². The molecule has 0 heterocycles. The topological polar surface area (TPSA) is 20.3 Å². The summed E-state index contributed by atoms with van der Waals surface area (Å²) in [5, 5.41) is 0. The summed E-state index contributed by atoms with van der Waals surface area (Å²) >= 11 is 0. The average Bonchev–Trinajstić information content (AvgIpc) is 2.27. The van der Waals surface area contributed by atoms with Crippen molar-refractivity contribution in [3.8, 4) is 0 Å². The molecule has 106 valence electrons. The molecule has 1 amide bonds. The molecule has 2 heteroatoms. The minimum atomic E-state index is 0.131. The monoisotopic (exact) mass is 261 g/mol. The van der Waals surface area contributed by atoms with Gasteiger partial charge >= 0.3 is 0 Å². The van der Waals surface area contributed by atoms with E-state index in [4.69, 9.17) is 0 Å². The molecule has 1 rings (SSSR count). The summed E-state index contributed by atoms with van der Waals surface area (Å²) in [6, 6.07) is 0. The van der Waals surface area contributed by atoms with Gasteiger partial charge in [0.05, 0.1) is 6.42 Å². The van der Waals surface area contributed by atoms with Gasteiger partial charge in [-0.05, 0) is 55.7 Å². The van der Waals surface area contributed by atoms with Crippen molar-refractivity contribution in [1.29, 1.82) is 0 Å². The van der Waals surface area contributed by atoms with E-state index >= 15 is 0 Å². The van der Waals surface area contributed by atoms with Gasteiger partial charge in [0.15, 0.2) is 0 Å². The van der Waals surface area contributed by atoms with E-state index in [9.17, 15) is 4.79 Å². The number of rotatable bonds is 3. The Morgan fingerprint density at radius 1 is 1.42 bits per heavy atom. The zero-order valence-electron chi connectivity index (χ0n) is 13.3. The normalized spacial score (nSPS) is 17.8. The number of carbonyl (C=O) groups excluding carboxylic acids is 1. The van der Waals surface area contributed by atoms with Crippen molar-refractivity contribution in [2.24, 2.45) is 5.41 Å². The second-order valence-electron chi connectivity index (χ2n) is 6.47. The third-order valence-corrected chi connectivity index (χ3v) is 3.92. The van der Waals surface area contributed by atoms with E-state index in [1.165, 1.54) is 30.4 Å². The fourth-order valence-corrected chi connectivity index (χ4v) is 2.59. The molecule has 0 fully saturated rings. The van der Waals surface area contributed by atoms with Gasteiger partial charge in [-0.1, -0.05) is 19.4 Å². The van der Waals surface area contributed by atoms with E-state index < -0.39 is 0 Å². The van der Waals surface area contributed by atoms with Crippen LogP contribution in [0.4, 0.5) is 0 Å². The SMILES string of the molecule is CC(=C=CC1=C(C)CCCC1(C)C)CC(=O)N(C)C. The van der Waals surface area contributed by atoms with Crippen LogP contribution < -0.4 is 0 Å². The van der Waals surface area contributed by atoms with E-state index in [0.717, 1.165) is 5.57 Å². The molecule has 0 N–H and O–H groups in total. The lowest BCUT2D eigenvalue weighted by Gasteiger charge is -2.32. The second-order valence-corrected chi connectivity index (χ2v) is 6.47. The fourth-order valence-electron chi connectivity index (χ4n) is 2.59. The van der Waals surface area contributed by atoms with Gasteiger partial charge in [-0.3, -0.25) is 4.79 Å². The Morgan fingerprint density at radius 2 is 2.05 bits per heavy atom. The van der Waals surface area contributed by atoms with Crippen molar-refractivity contribution in [2.45, 2.75) is 53.4 Å². The van der Waals surface area contributed by atoms with Crippen molar-refractivity contribution in [3.05, 3.63) is 28.5 Å². The predicted octanol–water partition coefficient (Wildman–Crippen LogP) is 4.09. The first kappa shape index (κ1) is 15.8. The molecule has 0 unspecified atom stereocenters. The molecular weight excluding hydrogens is 234 g/mol. The Labute approximate surface area is 117 Å². The molecule has 19 heavy (non-hydrogen) atoms. The third kappa shape index (κ3) is 4.40. The van der Waals surface area contributed by atoms with E-state index in [0.29, 0.717) is 6.42 Å². The molecule has 0 saturated heterocycles. The van der Waals surface area contributed by atoms with Crippen LogP contribution in [0, 0.1) is 5.41 Å². The fraction of sp³-hybridized carbons (Fsp3) is 0.647. The van der Waals surface area contributed by atoms with Crippen molar-refractivity contribution in [2.75, 3.05) is 14.1 Å². The molecule has 0 saturated carbocycles. The minimum absolute atomic E-state index is 0.131. The van der Waals surface area contributed by atoms with Crippen LogP contribution in [-0.4, -0.2) is 24.9 Å². The largest absolute Gasteiger partial charge is 0.349 e. The molecule has 0 aromatic rings. The Morgan fingerprint density at radius 3 is 2.58 bits per heavy atom. The molecular formula is C17H27NO. The lowest BCUT2D eigenvalue weighted by molar-refractivity contribution is -0.127. The van der Waals surface area contributed by atoms with Crippen LogP contribution in [0.1, 0.15) is 53.4 Å². The van der Waals surface area contributed by atoms with E-state index in [1.54, 1.807) is 19.0 Å². The molecule has 0 radical (unpaired) electrons. The molecule has 0 atom stereocenters. The number of hydrogen-bond donors (Lipinski definition) is 0. The summed E-state index contributed by atoms with van der Waals surface area (Å²) in [7, 11) is 3.58. The summed E-state index contributed by atoms with van der Waals surface area (Å²) in [5.74, 6) is 0.131. The first-order chi connectivity index (χ1) is 8.74. The molecule has 0 spiro atoms. The standard InChI is InChI=1S/C17H27NO/c1-13(12-16(19)18(5)6)9-10-15-14(2)8-7-11-17(15,3)4/h10H,7-8,11-12H2,1-6H3. The summed E-state index contributed by atoms with van der Waals surface area (Å²) in [4.78, 5) is 13.3. The zero-order valence-corrected chi connectivity index (χ0v) is 13.3. The van der Waals surface area contributed by atoms with Crippen molar-refractivity contribution in [3.63, 3.8) is 0 Å². The van der Waals surface area contributed by atoms with Gasteiger partial charge in [-0.15, -0.1) is 5.73 Å². The van der Waals surface area contributed by atoms with Crippen LogP contribution >= 0.6 is 0 Å². The first-order valence-electron chi connectivity index (χ1n) is 7.06. The van der Waals surface area contributed by atoms with Crippen molar-refractivity contribution < 1.29 is 4.79 Å². The van der Waals surface area contributed by atoms with Crippen molar-refractivity contribution >= 4 is 5.91 Å². The maximum atomic E-state index is 11.6. The van der Waals surface area contributed by atoms with Gasteiger partial charge in [-0.2, -0.15) is 0 Å².